The van der Waals surface area contributed by atoms with E-state index < -0.39 is 10.0 Å². The summed E-state index contributed by atoms with van der Waals surface area (Å²) in [6.07, 6.45) is 5.21. The van der Waals surface area contributed by atoms with E-state index in [0.29, 0.717) is 9.90 Å². The molecule has 0 aliphatic heterocycles. The van der Waals surface area contributed by atoms with Gasteiger partial charge in [-0.05, 0) is 43.3 Å². The zero-order valence-corrected chi connectivity index (χ0v) is 12.9. The Hall–Kier alpha value is -2.12. The van der Waals surface area contributed by atoms with Gasteiger partial charge >= 0.3 is 0 Å². The number of nitrogens with one attached hydrogen (secondary N) is 1. The van der Waals surface area contributed by atoms with Gasteiger partial charge in [0, 0.05) is 28.6 Å². The lowest BCUT2D eigenvalue weighted by Gasteiger charge is -2.07. The maximum Gasteiger partial charge on any atom is 0.271 e. The largest absolute Gasteiger partial charge is 0.306 e. The molecule has 0 saturated heterocycles. The predicted octanol–water partition coefficient (Wildman–Crippen LogP) is 3.04. The Bertz CT molecular complexity index is 835. The van der Waals surface area contributed by atoms with Crippen LogP contribution in [-0.4, -0.2) is 18.0 Å². The molecular formula is C14H13N3O2S2. The Morgan fingerprint density at radius 3 is 2.48 bits per heavy atom. The molecule has 0 atom stereocenters. The summed E-state index contributed by atoms with van der Waals surface area (Å²) in [6, 6.07) is 10.5. The van der Waals surface area contributed by atoms with Crippen molar-refractivity contribution >= 4 is 27.0 Å². The van der Waals surface area contributed by atoms with Gasteiger partial charge in [-0.2, -0.15) is 0 Å². The minimum absolute atomic E-state index is 0.318. The lowest BCUT2D eigenvalue weighted by atomic mass is 10.3. The van der Waals surface area contributed by atoms with Gasteiger partial charge in [-0.3, -0.25) is 4.72 Å². The lowest BCUT2D eigenvalue weighted by molar-refractivity contribution is 0.603. The molecule has 1 aromatic carbocycles. The fraction of sp³-hybridized carbons (Fsp3) is 0.0714. The molecule has 7 heteroatoms. The van der Waals surface area contributed by atoms with Gasteiger partial charge in [0.2, 0.25) is 0 Å². The number of aryl methyl sites for hydroxylation is 1. The highest BCUT2D eigenvalue weighted by atomic mass is 32.2. The summed E-state index contributed by atoms with van der Waals surface area (Å²) in [6.45, 7) is 1.88. The Morgan fingerprint density at radius 2 is 1.90 bits per heavy atom. The van der Waals surface area contributed by atoms with E-state index in [1.165, 1.54) is 11.3 Å². The van der Waals surface area contributed by atoms with Gasteiger partial charge in [-0.15, -0.1) is 11.3 Å². The number of rotatable bonds is 4. The average molecular weight is 319 g/mol. The van der Waals surface area contributed by atoms with Crippen LogP contribution in [-0.2, 0) is 10.0 Å². The minimum Gasteiger partial charge on any atom is -0.306 e. The Morgan fingerprint density at radius 1 is 1.14 bits per heavy atom. The maximum atomic E-state index is 12.2. The summed E-state index contributed by atoms with van der Waals surface area (Å²) >= 11 is 1.25. The van der Waals surface area contributed by atoms with Gasteiger partial charge in [-0.25, -0.2) is 13.4 Å². The molecule has 1 N–H and O–H groups in total. The Balaban J connectivity index is 1.82. The zero-order valence-electron chi connectivity index (χ0n) is 11.2. The number of anilines is 1. The molecular weight excluding hydrogens is 306 g/mol. The van der Waals surface area contributed by atoms with Crippen LogP contribution in [0.5, 0.6) is 0 Å². The second-order valence-electron chi connectivity index (χ2n) is 4.49. The van der Waals surface area contributed by atoms with Crippen molar-refractivity contribution in [2.75, 3.05) is 4.72 Å². The van der Waals surface area contributed by atoms with Crippen LogP contribution in [0.3, 0.4) is 0 Å². The Labute approximate surface area is 127 Å². The SMILES string of the molecule is Cc1ccc(S(=O)(=O)Nc2ccc(-n3ccnc3)cc2)s1. The predicted molar refractivity (Wildman–Crippen MR) is 83.4 cm³/mol. The first kappa shape index (κ1) is 13.8. The van der Waals surface area contributed by atoms with E-state index in [-0.39, 0.29) is 0 Å². The molecule has 0 saturated carbocycles. The number of hydrogen-bond acceptors (Lipinski definition) is 4. The third-order valence-corrected chi connectivity index (χ3v) is 5.78. The fourth-order valence-corrected chi connectivity index (χ4v) is 4.22. The quantitative estimate of drug-likeness (QED) is 0.804. The Kier molecular flexibility index (Phi) is 3.52. The van der Waals surface area contributed by atoms with Crippen LogP contribution in [0.1, 0.15) is 4.88 Å². The smallest absolute Gasteiger partial charge is 0.271 e. The first-order chi connectivity index (χ1) is 10.0. The summed E-state index contributed by atoms with van der Waals surface area (Å²) < 4.78 is 29.2. The highest BCUT2D eigenvalue weighted by Gasteiger charge is 2.16. The van der Waals surface area contributed by atoms with Crippen LogP contribution < -0.4 is 4.72 Å². The van der Waals surface area contributed by atoms with Crippen molar-refractivity contribution in [3.8, 4) is 5.69 Å². The molecule has 108 valence electrons. The number of aromatic nitrogens is 2. The van der Waals surface area contributed by atoms with Gasteiger partial charge in [0.15, 0.2) is 0 Å². The second kappa shape index (κ2) is 5.34. The topological polar surface area (TPSA) is 64.0 Å². The van der Waals surface area contributed by atoms with Crippen molar-refractivity contribution in [3.63, 3.8) is 0 Å². The summed E-state index contributed by atoms with van der Waals surface area (Å²) in [4.78, 5) is 4.94. The molecule has 0 aliphatic carbocycles. The minimum atomic E-state index is -3.51. The molecule has 3 rings (SSSR count). The van der Waals surface area contributed by atoms with Gasteiger partial charge in [0.1, 0.15) is 4.21 Å². The van der Waals surface area contributed by atoms with Crippen LogP contribution in [0.25, 0.3) is 5.69 Å². The molecule has 5 nitrogen and oxygen atoms in total. The maximum absolute atomic E-state index is 12.2. The molecule has 3 aromatic rings. The summed E-state index contributed by atoms with van der Waals surface area (Å²) in [5, 5.41) is 0. The van der Waals surface area contributed by atoms with Crippen molar-refractivity contribution in [2.24, 2.45) is 0 Å². The fourth-order valence-electron chi connectivity index (χ4n) is 1.88. The van der Waals surface area contributed by atoms with Crippen molar-refractivity contribution in [3.05, 3.63) is 60.0 Å². The molecule has 0 amide bonds. The molecule has 0 aliphatic rings. The van der Waals surface area contributed by atoms with Crippen molar-refractivity contribution in [1.29, 1.82) is 0 Å². The van der Waals surface area contributed by atoms with E-state index in [9.17, 15) is 8.42 Å². The molecule has 0 spiro atoms. The number of thiophene rings is 1. The van der Waals surface area contributed by atoms with Gasteiger partial charge in [-0.1, -0.05) is 0 Å². The van der Waals surface area contributed by atoms with Crippen LogP contribution in [0.4, 0.5) is 5.69 Å². The van der Waals surface area contributed by atoms with Crippen molar-refractivity contribution < 1.29 is 8.42 Å². The summed E-state index contributed by atoms with van der Waals surface area (Å²) in [5.74, 6) is 0. The highest BCUT2D eigenvalue weighted by Crippen LogP contribution is 2.23. The number of imidazole rings is 1. The first-order valence-corrected chi connectivity index (χ1v) is 8.52. The monoisotopic (exact) mass is 319 g/mol. The van der Waals surface area contributed by atoms with E-state index >= 15 is 0 Å². The van der Waals surface area contributed by atoms with Gasteiger partial charge < -0.3 is 4.57 Å². The van der Waals surface area contributed by atoms with Gasteiger partial charge in [0.25, 0.3) is 10.0 Å². The third-order valence-electron chi connectivity index (χ3n) is 2.90. The number of hydrogen-bond donors (Lipinski definition) is 1. The van der Waals surface area contributed by atoms with E-state index in [1.54, 1.807) is 36.8 Å². The van der Waals surface area contributed by atoms with Crippen molar-refractivity contribution in [1.82, 2.24) is 9.55 Å². The van der Waals surface area contributed by atoms with Crippen LogP contribution in [0.15, 0.2) is 59.3 Å². The van der Waals surface area contributed by atoms with E-state index in [0.717, 1.165) is 10.6 Å². The van der Waals surface area contributed by atoms with E-state index in [4.69, 9.17) is 0 Å². The van der Waals surface area contributed by atoms with Crippen molar-refractivity contribution in [2.45, 2.75) is 11.1 Å². The number of nitrogens with zero attached hydrogens (tertiary/aromatic N) is 2. The van der Waals surface area contributed by atoms with E-state index in [2.05, 4.69) is 9.71 Å². The molecule has 21 heavy (non-hydrogen) atoms. The molecule has 0 radical (unpaired) electrons. The highest BCUT2D eigenvalue weighted by molar-refractivity contribution is 7.94. The number of sulfonamides is 1. The zero-order chi connectivity index (χ0) is 14.9. The molecule has 0 fully saturated rings. The lowest BCUT2D eigenvalue weighted by Crippen LogP contribution is -2.11. The van der Waals surface area contributed by atoms with Crippen LogP contribution in [0, 0.1) is 6.92 Å². The van der Waals surface area contributed by atoms with Crippen LogP contribution in [0.2, 0.25) is 0 Å². The normalized spacial score (nSPS) is 11.5. The molecule has 2 heterocycles. The van der Waals surface area contributed by atoms with Gasteiger partial charge in [0.05, 0.1) is 6.33 Å². The second-order valence-corrected chi connectivity index (χ2v) is 7.68. The first-order valence-electron chi connectivity index (χ1n) is 6.22. The van der Waals surface area contributed by atoms with Crippen LogP contribution >= 0.6 is 11.3 Å². The molecule has 2 aromatic heterocycles. The summed E-state index contributed by atoms with van der Waals surface area (Å²) in [5.41, 5.74) is 1.45. The van der Waals surface area contributed by atoms with E-state index in [1.807, 2.05) is 29.8 Å². The standard InChI is InChI=1S/C14H13N3O2S2/c1-11-2-7-14(20-11)21(18,19)16-12-3-5-13(6-4-12)17-9-8-15-10-17/h2-10,16H,1H3. The third kappa shape index (κ3) is 2.98. The summed E-state index contributed by atoms with van der Waals surface area (Å²) in [7, 11) is -3.51. The molecule has 0 unspecified atom stereocenters. The molecule has 0 bridgehead atoms. The number of benzene rings is 1. The average Bonchev–Trinajstić information content (AvgIpc) is 3.10.